The molecule has 0 radical (unpaired) electrons. The Morgan fingerprint density at radius 1 is 1.22 bits per heavy atom. The van der Waals surface area contributed by atoms with Crippen molar-refractivity contribution in [3.05, 3.63) is 65.2 Å². The van der Waals surface area contributed by atoms with Gasteiger partial charge >= 0.3 is 0 Å². The number of fused-ring (bicyclic) bond motifs is 2. The highest BCUT2D eigenvalue weighted by atomic mass is 19.1. The number of Topliss-reactive ketones (excluding diaryl/α,β-unsaturated/α-hetero) is 1. The number of hydrogen-bond donors (Lipinski definition) is 1. The number of hydrogen-bond acceptors (Lipinski definition) is 7. The van der Waals surface area contributed by atoms with Crippen LogP contribution >= 0.6 is 0 Å². The minimum atomic E-state index is -0.959. The maximum absolute atomic E-state index is 14.4. The molecule has 2 aliphatic rings. The fourth-order valence-corrected chi connectivity index (χ4v) is 5.00. The van der Waals surface area contributed by atoms with Crippen molar-refractivity contribution >= 4 is 28.5 Å². The van der Waals surface area contributed by atoms with Crippen LogP contribution in [0.5, 0.6) is 0 Å². The molecule has 6 rings (SSSR count). The maximum atomic E-state index is 14.4. The largest absolute Gasteiger partial charge is 0.381 e. The van der Waals surface area contributed by atoms with Gasteiger partial charge in [0.1, 0.15) is 23.0 Å². The van der Waals surface area contributed by atoms with Crippen molar-refractivity contribution in [2.75, 3.05) is 18.5 Å². The first-order chi connectivity index (χ1) is 17.8. The van der Waals surface area contributed by atoms with E-state index in [2.05, 4.69) is 15.3 Å². The molecule has 1 unspecified atom stereocenters. The van der Waals surface area contributed by atoms with Crippen LogP contribution in [0.15, 0.2) is 42.6 Å². The summed E-state index contributed by atoms with van der Waals surface area (Å²) in [5.41, 5.74) is 1.15. The van der Waals surface area contributed by atoms with E-state index in [1.165, 1.54) is 6.07 Å². The van der Waals surface area contributed by atoms with Crippen LogP contribution in [0.2, 0.25) is 0 Å². The van der Waals surface area contributed by atoms with Crippen molar-refractivity contribution < 1.29 is 18.7 Å². The lowest BCUT2D eigenvalue weighted by Gasteiger charge is -2.18. The standard InChI is InChI=1S/C27H25FN6O3/c1-27(2)20-22(19(35)12-15-9-11-37-14-15)30-24(31-23(20)32-26(27)36)21-17-7-5-10-29-25(17)34(33-21)13-16-6-3-4-8-18(16)28/h3-8,10,15H,9,11-14H2,1-2H3,(H,30,31,32,36). The molecule has 188 valence electrons. The predicted octanol–water partition coefficient (Wildman–Crippen LogP) is 3.91. The number of aromatic nitrogens is 5. The topological polar surface area (TPSA) is 112 Å². The summed E-state index contributed by atoms with van der Waals surface area (Å²) in [6.45, 7) is 4.84. The summed E-state index contributed by atoms with van der Waals surface area (Å²) in [4.78, 5) is 40.1. The van der Waals surface area contributed by atoms with E-state index in [0.717, 1.165) is 6.42 Å². The molecular weight excluding hydrogens is 475 g/mol. The quantitative estimate of drug-likeness (QED) is 0.400. The Labute approximate surface area is 212 Å². The molecule has 1 fully saturated rings. The first kappa shape index (κ1) is 23.4. The lowest BCUT2D eigenvalue weighted by molar-refractivity contribution is -0.119. The van der Waals surface area contributed by atoms with Gasteiger partial charge in [0.15, 0.2) is 17.3 Å². The van der Waals surface area contributed by atoms with Crippen LogP contribution in [0.1, 0.15) is 48.3 Å². The summed E-state index contributed by atoms with van der Waals surface area (Å²) in [7, 11) is 0. The molecule has 0 spiro atoms. The van der Waals surface area contributed by atoms with Crippen LogP contribution in [-0.4, -0.2) is 49.6 Å². The second kappa shape index (κ2) is 8.81. The normalized spacial score (nSPS) is 18.2. The summed E-state index contributed by atoms with van der Waals surface area (Å²) in [5, 5.41) is 8.18. The average Bonchev–Trinajstić information content (AvgIpc) is 3.58. The van der Waals surface area contributed by atoms with Gasteiger partial charge in [-0.3, -0.25) is 9.59 Å². The summed E-state index contributed by atoms with van der Waals surface area (Å²) >= 11 is 0. The fraction of sp³-hybridized carbons (Fsp3) is 0.333. The van der Waals surface area contributed by atoms with E-state index in [9.17, 15) is 14.0 Å². The third-order valence-corrected chi connectivity index (χ3v) is 7.09. The summed E-state index contributed by atoms with van der Waals surface area (Å²) in [6.07, 6.45) is 2.72. The molecular formula is C27H25FN6O3. The van der Waals surface area contributed by atoms with E-state index < -0.39 is 5.41 Å². The number of ether oxygens (including phenoxy) is 1. The van der Waals surface area contributed by atoms with Gasteiger partial charge < -0.3 is 10.1 Å². The number of anilines is 1. The molecule has 1 amide bonds. The number of amides is 1. The van der Waals surface area contributed by atoms with E-state index in [-0.39, 0.29) is 47.9 Å². The Hall–Kier alpha value is -4.05. The van der Waals surface area contributed by atoms with Crippen LogP contribution in [0.25, 0.3) is 22.6 Å². The highest BCUT2D eigenvalue weighted by molar-refractivity contribution is 6.09. The van der Waals surface area contributed by atoms with Gasteiger partial charge in [0.2, 0.25) is 5.91 Å². The van der Waals surface area contributed by atoms with E-state index in [4.69, 9.17) is 14.8 Å². The Kier molecular flexibility index (Phi) is 5.56. The van der Waals surface area contributed by atoms with Crippen LogP contribution in [0.3, 0.4) is 0 Å². The highest BCUT2D eigenvalue weighted by Crippen LogP contribution is 2.40. The zero-order valence-electron chi connectivity index (χ0n) is 20.5. The van der Waals surface area contributed by atoms with Crippen LogP contribution in [-0.2, 0) is 21.5 Å². The summed E-state index contributed by atoms with van der Waals surface area (Å²) in [6, 6.07) is 10.1. The molecule has 1 aromatic carbocycles. The molecule has 10 heteroatoms. The summed E-state index contributed by atoms with van der Waals surface area (Å²) < 4.78 is 21.4. The first-order valence-corrected chi connectivity index (χ1v) is 12.2. The smallest absolute Gasteiger partial charge is 0.235 e. The van der Waals surface area contributed by atoms with Gasteiger partial charge in [0, 0.05) is 37.0 Å². The zero-order valence-corrected chi connectivity index (χ0v) is 20.5. The Balaban J connectivity index is 1.49. The van der Waals surface area contributed by atoms with Gasteiger partial charge in [-0.1, -0.05) is 18.2 Å². The number of halogens is 1. The van der Waals surface area contributed by atoms with E-state index in [0.29, 0.717) is 46.9 Å². The van der Waals surface area contributed by atoms with Crippen LogP contribution < -0.4 is 5.32 Å². The number of carbonyl (C=O) groups is 2. The minimum absolute atomic E-state index is 0.111. The molecule has 4 aromatic rings. The average molecular weight is 501 g/mol. The molecule has 37 heavy (non-hydrogen) atoms. The highest BCUT2D eigenvalue weighted by Gasteiger charge is 2.44. The van der Waals surface area contributed by atoms with Crippen LogP contribution in [0, 0.1) is 11.7 Å². The van der Waals surface area contributed by atoms with E-state index >= 15 is 0 Å². The molecule has 0 bridgehead atoms. The Bertz CT molecular complexity index is 1560. The zero-order chi connectivity index (χ0) is 25.7. The van der Waals surface area contributed by atoms with Crippen molar-refractivity contribution in [2.24, 2.45) is 5.92 Å². The van der Waals surface area contributed by atoms with Gasteiger partial charge in [0.25, 0.3) is 0 Å². The molecule has 9 nitrogen and oxygen atoms in total. The Morgan fingerprint density at radius 3 is 2.84 bits per heavy atom. The fourth-order valence-electron chi connectivity index (χ4n) is 5.00. The van der Waals surface area contributed by atoms with E-state index in [1.54, 1.807) is 49.0 Å². The number of rotatable bonds is 6. The first-order valence-electron chi connectivity index (χ1n) is 12.2. The molecule has 1 saturated heterocycles. The molecule has 1 N–H and O–H groups in total. The number of ketones is 1. The molecule has 1 atom stereocenters. The number of carbonyl (C=O) groups excluding carboxylic acids is 2. The number of nitrogens with one attached hydrogen (secondary N) is 1. The van der Waals surface area contributed by atoms with Crippen molar-refractivity contribution in [3.63, 3.8) is 0 Å². The molecule has 0 saturated carbocycles. The van der Waals surface area contributed by atoms with E-state index in [1.807, 2.05) is 6.07 Å². The predicted molar refractivity (Wildman–Crippen MR) is 134 cm³/mol. The number of benzene rings is 1. The lowest BCUT2D eigenvalue weighted by Crippen LogP contribution is -2.29. The second-order valence-corrected chi connectivity index (χ2v) is 10.0. The molecule has 3 aromatic heterocycles. The Morgan fingerprint density at radius 2 is 2.05 bits per heavy atom. The molecule has 2 aliphatic heterocycles. The van der Waals surface area contributed by atoms with Crippen LogP contribution in [0.4, 0.5) is 10.2 Å². The van der Waals surface area contributed by atoms with Crippen molar-refractivity contribution in [2.45, 2.75) is 38.6 Å². The number of pyridine rings is 1. The van der Waals surface area contributed by atoms with Crippen molar-refractivity contribution in [3.8, 4) is 11.5 Å². The number of nitrogens with zero attached hydrogens (tertiary/aromatic N) is 5. The third kappa shape index (κ3) is 3.97. The van der Waals surface area contributed by atoms with Gasteiger partial charge in [-0.15, -0.1) is 0 Å². The third-order valence-electron chi connectivity index (χ3n) is 7.09. The second-order valence-electron chi connectivity index (χ2n) is 10.0. The van der Waals surface area contributed by atoms with Gasteiger partial charge in [0.05, 0.1) is 17.3 Å². The summed E-state index contributed by atoms with van der Waals surface area (Å²) in [5.74, 6) is -0.123. The SMILES string of the molecule is CC1(C)C(=O)Nc2nc(-c3nn(Cc4ccccc4F)c4ncccc34)nc(C(=O)CC3CCOC3)c21. The monoisotopic (exact) mass is 500 g/mol. The molecule has 0 aliphatic carbocycles. The van der Waals surface area contributed by atoms with Crippen molar-refractivity contribution in [1.82, 2.24) is 24.7 Å². The lowest BCUT2D eigenvalue weighted by atomic mass is 9.84. The van der Waals surface area contributed by atoms with Crippen molar-refractivity contribution in [1.29, 1.82) is 0 Å². The minimum Gasteiger partial charge on any atom is -0.381 e. The maximum Gasteiger partial charge on any atom is 0.235 e. The van der Waals surface area contributed by atoms with Gasteiger partial charge in [-0.2, -0.15) is 5.10 Å². The van der Waals surface area contributed by atoms with Gasteiger partial charge in [-0.25, -0.2) is 24.0 Å². The van der Waals surface area contributed by atoms with Gasteiger partial charge in [-0.05, 0) is 44.4 Å². The molecule has 5 heterocycles.